The van der Waals surface area contributed by atoms with Crippen LogP contribution in [0.5, 0.6) is 0 Å². The van der Waals surface area contributed by atoms with Crippen LogP contribution in [0.2, 0.25) is 0 Å². The summed E-state index contributed by atoms with van der Waals surface area (Å²) in [6.07, 6.45) is 0.143. The molecule has 21 heavy (non-hydrogen) atoms. The number of nitrogens with two attached hydrogens (primary N) is 1. The van der Waals surface area contributed by atoms with Crippen molar-refractivity contribution < 1.29 is 8.78 Å². The van der Waals surface area contributed by atoms with Crippen LogP contribution in [0.4, 0.5) is 8.78 Å². The maximum atomic E-state index is 12.6. The minimum Gasteiger partial charge on any atom is -0.329 e. The highest BCUT2D eigenvalue weighted by atomic mass is 19.3. The zero-order chi connectivity index (χ0) is 14.8. The van der Waals surface area contributed by atoms with E-state index in [0.29, 0.717) is 12.6 Å². The standard InChI is InChI=1S/C16H23F2N3/c17-16(18)13-5-3-12(4-6-13)15(10-19)21-9-8-20-7-1-2-14(20)11-21/h3-6,14-16H,1-2,7-11,19H2. The molecule has 0 saturated carbocycles. The van der Waals surface area contributed by atoms with Crippen molar-refractivity contribution in [3.8, 4) is 0 Å². The Morgan fingerprint density at radius 1 is 1.10 bits per heavy atom. The molecule has 2 unspecified atom stereocenters. The van der Waals surface area contributed by atoms with E-state index in [4.69, 9.17) is 5.73 Å². The van der Waals surface area contributed by atoms with Gasteiger partial charge in [-0.3, -0.25) is 9.80 Å². The molecule has 2 aliphatic heterocycles. The molecule has 0 bridgehead atoms. The molecule has 2 heterocycles. The summed E-state index contributed by atoms with van der Waals surface area (Å²) in [5, 5.41) is 0. The molecule has 116 valence electrons. The second-order valence-corrected chi connectivity index (χ2v) is 6.05. The lowest BCUT2D eigenvalue weighted by Crippen LogP contribution is -2.52. The Labute approximate surface area is 124 Å². The van der Waals surface area contributed by atoms with Gasteiger partial charge >= 0.3 is 0 Å². The predicted molar refractivity (Wildman–Crippen MR) is 79.4 cm³/mol. The summed E-state index contributed by atoms with van der Waals surface area (Å²) in [5.41, 5.74) is 7.10. The highest BCUT2D eigenvalue weighted by molar-refractivity contribution is 5.26. The summed E-state index contributed by atoms with van der Waals surface area (Å²) in [6.45, 7) is 4.89. The Hall–Kier alpha value is -1.04. The molecule has 3 rings (SSSR count). The molecular formula is C16H23F2N3. The van der Waals surface area contributed by atoms with Gasteiger partial charge in [0.2, 0.25) is 0 Å². The van der Waals surface area contributed by atoms with Crippen LogP contribution < -0.4 is 5.73 Å². The first kappa shape index (κ1) is 14.9. The number of rotatable bonds is 4. The van der Waals surface area contributed by atoms with Gasteiger partial charge in [-0.1, -0.05) is 24.3 Å². The third-order valence-corrected chi connectivity index (χ3v) is 4.86. The Morgan fingerprint density at radius 3 is 2.48 bits per heavy atom. The number of hydrogen-bond donors (Lipinski definition) is 1. The number of hydrogen-bond acceptors (Lipinski definition) is 3. The zero-order valence-corrected chi connectivity index (χ0v) is 12.2. The van der Waals surface area contributed by atoms with Crippen molar-refractivity contribution >= 4 is 0 Å². The lowest BCUT2D eigenvalue weighted by Gasteiger charge is -2.41. The number of halogens is 2. The maximum absolute atomic E-state index is 12.6. The van der Waals surface area contributed by atoms with E-state index in [1.165, 1.54) is 31.5 Å². The van der Waals surface area contributed by atoms with E-state index in [-0.39, 0.29) is 11.6 Å². The minimum absolute atomic E-state index is 0.0788. The lowest BCUT2D eigenvalue weighted by molar-refractivity contribution is 0.0737. The van der Waals surface area contributed by atoms with Crippen molar-refractivity contribution in [2.75, 3.05) is 32.7 Å². The summed E-state index contributed by atoms with van der Waals surface area (Å²) < 4.78 is 25.3. The minimum atomic E-state index is -2.41. The van der Waals surface area contributed by atoms with Crippen LogP contribution in [-0.2, 0) is 0 Å². The van der Waals surface area contributed by atoms with E-state index < -0.39 is 6.43 Å². The van der Waals surface area contributed by atoms with E-state index >= 15 is 0 Å². The molecule has 0 spiro atoms. The Balaban J connectivity index is 1.72. The Bertz CT molecular complexity index is 463. The second-order valence-electron chi connectivity index (χ2n) is 6.05. The fraction of sp³-hybridized carbons (Fsp3) is 0.625. The predicted octanol–water partition coefficient (Wildman–Crippen LogP) is 2.40. The number of nitrogens with zero attached hydrogens (tertiary/aromatic N) is 2. The van der Waals surface area contributed by atoms with E-state index in [9.17, 15) is 8.78 Å². The van der Waals surface area contributed by atoms with Crippen molar-refractivity contribution in [1.82, 2.24) is 9.80 Å². The SMILES string of the molecule is NCC(c1ccc(C(F)F)cc1)N1CCN2CCCC2C1. The van der Waals surface area contributed by atoms with Crippen LogP contribution in [0.25, 0.3) is 0 Å². The van der Waals surface area contributed by atoms with Crippen LogP contribution >= 0.6 is 0 Å². The molecule has 5 heteroatoms. The van der Waals surface area contributed by atoms with Crippen LogP contribution in [0.3, 0.4) is 0 Å². The average molecular weight is 295 g/mol. The van der Waals surface area contributed by atoms with Crippen molar-refractivity contribution in [2.24, 2.45) is 5.73 Å². The third-order valence-electron chi connectivity index (χ3n) is 4.86. The normalized spacial score (nSPS) is 25.2. The van der Waals surface area contributed by atoms with E-state index in [1.807, 2.05) is 0 Å². The van der Waals surface area contributed by atoms with Gasteiger partial charge in [-0.2, -0.15) is 0 Å². The molecule has 3 nitrogen and oxygen atoms in total. The Morgan fingerprint density at radius 2 is 1.81 bits per heavy atom. The average Bonchev–Trinajstić information content (AvgIpc) is 2.96. The molecule has 1 aromatic rings. The van der Waals surface area contributed by atoms with Crippen molar-refractivity contribution in [3.63, 3.8) is 0 Å². The molecular weight excluding hydrogens is 272 g/mol. The Kier molecular flexibility index (Phi) is 4.52. The fourth-order valence-electron chi connectivity index (χ4n) is 3.66. The number of piperazine rings is 1. The van der Waals surface area contributed by atoms with E-state index in [0.717, 1.165) is 25.2 Å². The molecule has 1 aromatic carbocycles. The van der Waals surface area contributed by atoms with Gasteiger partial charge < -0.3 is 5.73 Å². The smallest absolute Gasteiger partial charge is 0.263 e. The first-order valence-electron chi connectivity index (χ1n) is 7.75. The van der Waals surface area contributed by atoms with Crippen molar-refractivity contribution in [2.45, 2.75) is 31.4 Å². The summed E-state index contributed by atoms with van der Waals surface area (Å²) >= 11 is 0. The van der Waals surface area contributed by atoms with Crippen molar-refractivity contribution in [1.29, 1.82) is 0 Å². The van der Waals surface area contributed by atoms with Gasteiger partial charge in [0.1, 0.15) is 0 Å². The molecule has 2 fully saturated rings. The quantitative estimate of drug-likeness (QED) is 0.926. The van der Waals surface area contributed by atoms with Gasteiger partial charge in [0.05, 0.1) is 0 Å². The van der Waals surface area contributed by atoms with Crippen LogP contribution in [0, 0.1) is 0 Å². The first-order valence-corrected chi connectivity index (χ1v) is 7.75. The van der Waals surface area contributed by atoms with Crippen LogP contribution in [0.1, 0.15) is 36.4 Å². The molecule has 0 radical (unpaired) electrons. The van der Waals surface area contributed by atoms with Crippen LogP contribution in [0.15, 0.2) is 24.3 Å². The highest BCUT2D eigenvalue weighted by Gasteiger charge is 2.33. The van der Waals surface area contributed by atoms with Gasteiger partial charge in [0, 0.05) is 43.8 Å². The molecule has 2 N–H and O–H groups in total. The summed E-state index contributed by atoms with van der Waals surface area (Å²) in [5.74, 6) is 0. The fourth-order valence-corrected chi connectivity index (χ4v) is 3.66. The van der Waals surface area contributed by atoms with Crippen LogP contribution in [-0.4, -0.2) is 48.6 Å². The molecule has 2 saturated heterocycles. The largest absolute Gasteiger partial charge is 0.329 e. The van der Waals surface area contributed by atoms with Gasteiger partial charge in [0.15, 0.2) is 0 Å². The zero-order valence-electron chi connectivity index (χ0n) is 12.2. The summed E-state index contributed by atoms with van der Waals surface area (Å²) in [6, 6.07) is 7.44. The highest BCUT2D eigenvalue weighted by Crippen LogP contribution is 2.28. The number of benzene rings is 1. The number of alkyl halides is 2. The molecule has 2 atom stereocenters. The molecule has 0 aliphatic carbocycles. The van der Waals surface area contributed by atoms with Gasteiger partial charge in [-0.15, -0.1) is 0 Å². The maximum Gasteiger partial charge on any atom is 0.263 e. The van der Waals surface area contributed by atoms with E-state index in [1.54, 1.807) is 12.1 Å². The van der Waals surface area contributed by atoms with E-state index in [2.05, 4.69) is 9.80 Å². The lowest BCUT2D eigenvalue weighted by atomic mass is 10.0. The topological polar surface area (TPSA) is 32.5 Å². The van der Waals surface area contributed by atoms with Gasteiger partial charge in [-0.05, 0) is 24.9 Å². The first-order chi connectivity index (χ1) is 10.2. The van der Waals surface area contributed by atoms with Gasteiger partial charge in [0.25, 0.3) is 6.43 Å². The molecule has 0 aromatic heterocycles. The van der Waals surface area contributed by atoms with Gasteiger partial charge in [-0.25, -0.2) is 8.78 Å². The monoisotopic (exact) mass is 295 g/mol. The summed E-state index contributed by atoms with van der Waals surface area (Å²) in [4.78, 5) is 4.98. The second kappa shape index (κ2) is 6.38. The number of fused-ring (bicyclic) bond motifs is 1. The third kappa shape index (κ3) is 3.10. The van der Waals surface area contributed by atoms with Crippen molar-refractivity contribution in [3.05, 3.63) is 35.4 Å². The molecule has 2 aliphatic rings. The summed E-state index contributed by atoms with van der Waals surface area (Å²) in [7, 11) is 0. The molecule has 0 amide bonds.